The first-order valence-electron chi connectivity index (χ1n) is 18.4. The van der Waals surface area contributed by atoms with Crippen molar-refractivity contribution in [2.75, 3.05) is 6.54 Å². The second kappa shape index (κ2) is 20.5. The van der Waals surface area contributed by atoms with Gasteiger partial charge in [-0.2, -0.15) is 0 Å². The van der Waals surface area contributed by atoms with Gasteiger partial charge in [0.05, 0.1) is 0 Å². The number of nitrogens with zero attached hydrogens (tertiary/aromatic N) is 1. The van der Waals surface area contributed by atoms with Crippen molar-refractivity contribution in [3.8, 4) is 12.3 Å². The lowest BCUT2D eigenvalue weighted by molar-refractivity contribution is -0.159. The van der Waals surface area contributed by atoms with Gasteiger partial charge >= 0.3 is 12.1 Å². The lowest BCUT2D eigenvalue weighted by Crippen LogP contribution is -2.55. The van der Waals surface area contributed by atoms with Crippen LogP contribution in [0.4, 0.5) is 4.79 Å². The first kappa shape index (κ1) is 42.8. The Hall–Kier alpha value is -4.32. The number of benzene rings is 2. The maximum absolute atomic E-state index is 14.7. The minimum Gasteiger partial charge on any atom is -0.458 e. The number of terminal acetylenes is 1. The molecular weight excluding hydrogens is 642 g/mol. The summed E-state index contributed by atoms with van der Waals surface area (Å²) in [6.07, 6.45) is 11.3. The Bertz CT molecular complexity index is 1430. The molecule has 0 fully saturated rings. The molecule has 0 saturated heterocycles. The fraction of sp³-hybridized carbons (Fsp3) is 0.571. The van der Waals surface area contributed by atoms with E-state index < -0.39 is 53.2 Å². The van der Waals surface area contributed by atoms with Gasteiger partial charge in [0, 0.05) is 18.5 Å². The molecule has 0 aliphatic heterocycles. The second-order valence-electron chi connectivity index (χ2n) is 15.6. The van der Waals surface area contributed by atoms with Crippen LogP contribution >= 0.6 is 0 Å². The van der Waals surface area contributed by atoms with E-state index in [9.17, 15) is 19.2 Å². The molecule has 2 rings (SSSR count). The number of carbonyl (C=O) groups excluding carboxylic acids is 4. The number of hydrogen-bond acceptors (Lipinski definition) is 6. The minimum atomic E-state index is -1.14. The van der Waals surface area contributed by atoms with E-state index in [1.54, 1.807) is 70.7 Å². The lowest BCUT2D eigenvalue weighted by Gasteiger charge is -2.36. The van der Waals surface area contributed by atoms with Gasteiger partial charge in [-0.05, 0) is 83.6 Å². The molecule has 0 aromatic heterocycles. The summed E-state index contributed by atoms with van der Waals surface area (Å²) in [5.41, 5.74) is 0.408. The van der Waals surface area contributed by atoms with Gasteiger partial charge in [0.25, 0.3) is 0 Å². The van der Waals surface area contributed by atoms with Crippen molar-refractivity contribution >= 4 is 23.9 Å². The summed E-state index contributed by atoms with van der Waals surface area (Å²) < 4.78 is 11.3. The molecule has 3 amide bonds. The molecule has 0 bridgehead atoms. The van der Waals surface area contributed by atoms with Gasteiger partial charge in [0.2, 0.25) is 11.8 Å². The first-order chi connectivity index (χ1) is 23.9. The number of rotatable bonds is 18. The quantitative estimate of drug-likeness (QED) is 0.0927. The van der Waals surface area contributed by atoms with E-state index in [4.69, 9.17) is 15.9 Å². The number of esters is 1. The molecule has 0 aliphatic rings. The largest absolute Gasteiger partial charge is 0.458 e. The van der Waals surface area contributed by atoms with Crippen molar-refractivity contribution in [1.29, 1.82) is 0 Å². The molecule has 2 aromatic rings. The number of carbonyl (C=O) groups is 4. The molecule has 2 N–H and O–H groups in total. The Labute approximate surface area is 306 Å². The van der Waals surface area contributed by atoms with Crippen LogP contribution in [0.1, 0.15) is 130 Å². The lowest BCUT2D eigenvalue weighted by atomic mass is 9.97. The van der Waals surface area contributed by atoms with Gasteiger partial charge in [-0.15, -0.1) is 6.42 Å². The molecule has 3 unspecified atom stereocenters. The monoisotopic (exact) mass is 703 g/mol. The van der Waals surface area contributed by atoms with E-state index >= 15 is 0 Å². The van der Waals surface area contributed by atoms with Gasteiger partial charge in [-0.25, -0.2) is 9.59 Å². The van der Waals surface area contributed by atoms with Crippen molar-refractivity contribution in [3.05, 3.63) is 71.3 Å². The Morgan fingerprint density at radius 3 is 1.92 bits per heavy atom. The molecule has 0 radical (unpaired) electrons. The van der Waals surface area contributed by atoms with Crippen LogP contribution in [0.3, 0.4) is 0 Å². The topological polar surface area (TPSA) is 114 Å². The Balaban J connectivity index is 2.65. The Morgan fingerprint density at radius 2 is 1.37 bits per heavy atom. The van der Waals surface area contributed by atoms with Crippen molar-refractivity contribution in [2.45, 2.75) is 143 Å². The summed E-state index contributed by atoms with van der Waals surface area (Å²) >= 11 is 0. The molecule has 9 nitrogen and oxygen atoms in total. The summed E-state index contributed by atoms with van der Waals surface area (Å²) in [6, 6.07) is 13.2. The van der Waals surface area contributed by atoms with E-state index in [0.717, 1.165) is 37.7 Å². The SMILES string of the molecule is C#Cc1ccc(C(C(=O)NC(Cc2ccccc2)C(=O)OC(C)(C)C)N(CCCCCCCC)C(=O)C(CC(C)C)NC(=O)OC(C)(C)C)cc1. The van der Waals surface area contributed by atoms with E-state index in [0.29, 0.717) is 24.0 Å². The van der Waals surface area contributed by atoms with Crippen LogP contribution in [0.25, 0.3) is 0 Å². The highest BCUT2D eigenvalue weighted by molar-refractivity contribution is 5.94. The summed E-state index contributed by atoms with van der Waals surface area (Å²) in [5, 5.41) is 5.76. The third-order valence-corrected chi connectivity index (χ3v) is 7.98. The molecule has 0 spiro atoms. The highest BCUT2D eigenvalue weighted by Crippen LogP contribution is 2.26. The number of unbranched alkanes of at least 4 members (excludes halogenated alkanes) is 5. The van der Waals surface area contributed by atoms with Crippen molar-refractivity contribution in [1.82, 2.24) is 15.5 Å². The van der Waals surface area contributed by atoms with Crippen LogP contribution in [0.5, 0.6) is 0 Å². The van der Waals surface area contributed by atoms with Gasteiger partial charge in [0.1, 0.15) is 29.3 Å². The van der Waals surface area contributed by atoms with Crippen LogP contribution in [-0.2, 0) is 30.3 Å². The van der Waals surface area contributed by atoms with Gasteiger partial charge in [0.15, 0.2) is 0 Å². The summed E-state index contributed by atoms with van der Waals surface area (Å²) in [4.78, 5) is 57.6. The molecule has 0 heterocycles. The molecule has 2 aromatic carbocycles. The highest BCUT2D eigenvalue weighted by atomic mass is 16.6. The van der Waals surface area contributed by atoms with Crippen molar-refractivity contribution < 1.29 is 28.7 Å². The summed E-state index contributed by atoms with van der Waals surface area (Å²) in [6.45, 7) is 16.9. The fourth-order valence-electron chi connectivity index (χ4n) is 5.67. The molecule has 51 heavy (non-hydrogen) atoms. The number of hydrogen-bond donors (Lipinski definition) is 2. The second-order valence-corrected chi connectivity index (χ2v) is 15.6. The highest BCUT2D eigenvalue weighted by Gasteiger charge is 2.38. The predicted octanol–water partition coefficient (Wildman–Crippen LogP) is 7.91. The zero-order chi connectivity index (χ0) is 38.2. The zero-order valence-corrected chi connectivity index (χ0v) is 32.3. The standard InChI is InChI=1S/C42H61N3O6/c1-11-13-14-15-16-20-27-45(38(47)34(28-30(3)4)44-40(49)51-42(8,9)10)36(33-25-23-31(12-2)24-26-33)37(46)43-35(39(48)50-41(5,6)7)29-32-21-18-17-19-22-32/h2,17-19,21-26,30,34-36H,11,13-16,20,27-29H2,1,3-10H3,(H,43,46)(H,44,49). The van der Waals surface area contributed by atoms with E-state index in [1.807, 2.05) is 44.2 Å². The summed E-state index contributed by atoms with van der Waals surface area (Å²) in [5.74, 6) is 1.10. The third-order valence-electron chi connectivity index (χ3n) is 7.98. The average Bonchev–Trinajstić information content (AvgIpc) is 3.03. The van der Waals surface area contributed by atoms with Gasteiger partial charge < -0.3 is 25.0 Å². The molecule has 0 aliphatic carbocycles. The molecular formula is C42H61N3O6. The molecule has 0 saturated carbocycles. The fourth-order valence-corrected chi connectivity index (χ4v) is 5.67. The number of ether oxygens (including phenoxy) is 2. The van der Waals surface area contributed by atoms with E-state index in [1.165, 1.54) is 0 Å². The van der Waals surface area contributed by atoms with Crippen LogP contribution in [0, 0.1) is 18.3 Å². The maximum Gasteiger partial charge on any atom is 0.408 e. The molecule has 9 heteroatoms. The normalized spacial score (nSPS) is 13.4. The predicted molar refractivity (Wildman–Crippen MR) is 203 cm³/mol. The number of alkyl carbamates (subject to hydrolysis) is 1. The van der Waals surface area contributed by atoms with Gasteiger partial charge in [-0.3, -0.25) is 9.59 Å². The number of amides is 3. The van der Waals surface area contributed by atoms with Gasteiger partial charge in [-0.1, -0.05) is 101 Å². The Kier molecular flexibility index (Phi) is 17.2. The third kappa shape index (κ3) is 16.1. The van der Waals surface area contributed by atoms with Crippen molar-refractivity contribution in [2.24, 2.45) is 5.92 Å². The maximum atomic E-state index is 14.7. The van der Waals surface area contributed by atoms with E-state index in [2.05, 4.69) is 23.5 Å². The molecule has 3 atom stereocenters. The Morgan fingerprint density at radius 1 is 0.784 bits per heavy atom. The van der Waals surface area contributed by atoms with Crippen LogP contribution in [-0.4, -0.2) is 58.6 Å². The van der Waals surface area contributed by atoms with Crippen molar-refractivity contribution in [3.63, 3.8) is 0 Å². The molecule has 280 valence electrons. The minimum absolute atomic E-state index is 0.0365. The van der Waals surface area contributed by atoms with E-state index in [-0.39, 0.29) is 18.9 Å². The smallest absolute Gasteiger partial charge is 0.408 e. The van der Waals surface area contributed by atoms with Crippen LogP contribution < -0.4 is 10.6 Å². The van der Waals surface area contributed by atoms with Crippen LogP contribution in [0.2, 0.25) is 0 Å². The zero-order valence-electron chi connectivity index (χ0n) is 32.3. The number of nitrogens with one attached hydrogen (secondary N) is 2. The first-order valence-corrected chi connectivity index (χ1v) is 18.4. The van der Waals surface area contributed by atoms with Crippen LogP contribution in [0.15, 0.2) is 54.6 Å². The average molecular weight is 704 g/mol. The summed E-state index contributed by atoms with van der Waals surface area (Å²) in [7, 11) is 0.